The highest BCUT2D eigenvalue weighted by atomic mass is 16.2. The number of nitrogens with one attached hydrogen (secondary N) is 2. The number of carbonyl (C=O) groups excluding carboxylic acids is 2. The molecule has 1 aromatic carbocycles. The Morgan fingerprint density at radius 3 is 2.95 bits per heavy atom. The van der Waals surface area contributed by atoms with Crippen molar-refractivity contribution in [1.82, 2.24) is 10.2 Å². The van der Waals surface area contributed by atoms with E-state index in [4.69, 9.17) is 0 Å². The smallest absolute Gasteiger partial charge is 0.257 e. The zero-order chi connectivity index (χ0) is 14.7. The number of amides is 1. The van der Waals surface area contributed by atoms with E-state index in [9.17, 15) is 9.59 Å². The van der Waals surface area contributed by atoms with Gasteiger partial charge in [-0.2, -0.15) is 0 Å². The predicted molar refractivity (Wildman–Crippen MR) is 81.2 cm³/mol. The van der Waals surface area contributed by atoms with Gasteiger partial charge in [0.05, 0.1) is 18.8 Å². The van der Waals surface area contributed by atoms with Gasteiger partial charge >= 0.3 is 0 Å². The summed E-state index contributed by atoms with van der Waals surface area (Å²) < 4.78 is 0. The van der Waals surface area contributed by atoms with Gasteiger partial charge in [0, 0.05) is 18.2 Å². The largest absolute Gasteiger partial charge is 0.367 e. The highest BCUT2D eigenvalue weighted by Crippen LogP contribution is 2.21. The van der Waals surface area contributed by atoms with E-state index in [-0.39, 0.29) is 24.3 Å². The molecule has 2 N–H and O–H groups in total. The summed E-state index contributed by atoms with van der Waals surface area (Å²) in [6.45, 7) is 1.59. The molecule has 2 aliphatic heterocycles. The van der Waals surface area contributed by atoms with Crippen LogP contribution in [0.1, 0.15) is 36.0 Å². The molecule has 0 spiro atoms. The molecular weight excluding hydrogens is 266 g/mol. The number of para-hydroxylation sites is 1. The minimum atomic E-state index is -0.0608. The van der Waals surface area contributed by atoms with Crippen molar-refractivity contribution in [2.75, 3.05) is 25.1 Å². The molecule has 21 heavy (non-hydrogen) atoms. The lowest BCUT2D eigenvalue weighted by Gasteiger charge is -2.30. The predicted octanol–water partition coefficient (Wildman–Crippen LogP) is 1.61. The third-order valence-corrected chi connectivity index (χ3v) is 4.16. The molecule has 1 aromatic rings. The minimum absolute atomic E-state index is 0.0608. The van der Waals surface area contributed by atoms with Crippen molar-refractivity contribution < 1.29 is 9.59 Å². The second-order valence-corrected chi connectivity index (χ2v) is 5.77. The van der Waals surface area contributed by atoms with Crippen LogP contribution in [0.2, 0.25) is 0 Å². The summed E-state index contributed by atoms with van der Waals surface area (Å²) in [5, 5.41) is 6.56. The molecule has 112 valence electrons. The van der Waals surface area contributed by atoms with Gasteiger partial charge in [0.1, 0.15) is 0 Å². The van der Waals surface area contributed by atoms with Crippen LogP contribution in [0.5, 0.6) is 0 Å². The topological polar surface area (TPSA) is 61.4 Å². The van der Waals surface area contributed by atoms with Crippen LogP contribution in [0.4, 0.5) is 5.69 Å². The fraction of sp³-hybridized carbons (Fsp3) is 0.500. The van der Waals surface area contributed by atoms with Gasteiger partial charge in [0.2, 0.25) is 0 Å². The van der Waals surface area contributed by atoms with Crippen molar-refractivity contribution in [3.05, 3.63) is 29.8 Å². The van der Waals surface area contributed by atoms with Crippen molar-refractivity contribution in [2.24, 2.45) is 0 Å². The second kappa shape index (κ2) is 6.26. The van der Waals surface area contributed by atoms with Crippen molar-refractivity contribution in [3.63, 3.8) is 0 Å². The molecule has 0 saturated carbocycles. The number of rotatable bonds is 4. The molecule has 0 aliphatic carbocycles. The summed E-state index contributed by atoms with van der Waals surface area (Å²) in [5.74, 6) is 0.0678. The Bertz CT molecular complexity index is 538. The van der Waals surface area contributed by atoms with Crippen molar-refractivity contribution in [1.29, 1.82) is 0 Å². The van der Waals surface area contributed by atoms with Crippen LogP contribution in [-0.2, 0) is 4.79 Å². The number of nitrogens with zero attached hydrogens (tertiary/aromatic N) is 1. The fourth-order valence-corrected chi connectivity index (χ4v) is 3.02. The Hall–Kier alpha value is -1.88. The van der Waals surface area contributed by atoms with Crippen LogP contribution >= 0.6 is 0 Å². The van der Waals surface area contributed by atoms with Crippen molar-refractivity contribution in [3.8, 4) is 0 Å². The summed E-state index contributed by atoms with van der Waals surface area (Å²) in [7, 11) is 0. The molecule has 2 aliphatic rings. The third kappa shape index (κ3) is 3.24. The van der Waals surface area contributed by atoms with E-state index in [2.05, 4.69) is 10.6 Å². The first-order chi connectivity index (χ1) is 10.2. The summed E-state index contributed by atoms with van der Waals surface area (Å²) >= 11 is 0. The molecule has 2 heterocycles. The number of anilines is 1. The first-order valence-corrected chi connectivity index (χ1v) is 7.61. The normalized spacial score (nSPS) is 21.6. The Balaban J connectivity index is 1.58. The second-order valence-electron chi connectivity index (χ2n) is 5.77. The van der Waals surface area contributed by atoms with Crippen LogP contribution < -0.4 is 10.6 Å². The van der Waals surface area contributed by atoms with Gasteiger partial charge < -0.3 is 15.5 Å². The van der Waals surface area contributed by atoms with E-state index < -0.39 is 0 Å². The maximum Gasteiger partial charge on any atom is 0.257 e. The lowest BCUT2D eigenvalue weighted by atomic mass is 9.99. The number of benzene rings is 1. The Morgan fingerprint density at radius 2 is 2.14 bits per heavy atom. The first-order valence-electron chi connectivity index (χ1n) is 7.61. The molecule has 0 radical (unpaired) electrons. The Labute approximate surface area is 124 Å². The molecule has 1 saturated heterocycles. The van der Waals surface area contributed by atoms with Gasteiger partial charge in [-0.1, -0.05) is 18.6 Å². The minimum Gasteiger partial charge on any atom is -0.367 e. The van der Waals surface area contributed by atoms with Gasteiger partial charge in [-0.15, -0.1) is 0 Å². The zero-order valence-corrected chi connectivity index (χ0v) is 12.1. The summed E-state index contributed by atoms with van der Waals surface area (Å²) in [6.07, 6.45) is 3.95. The number of piperidine rings is 1. The molecule has 0 aromatic heterocycles. The molecule has 1 atom stereocenters. The molecule has 0 bridgehead atoms. The van der Waals surface area contributed by atoms with Gasteiger partial charge in [0.15, 0.2) is 5.78 Å². The van der Waals surface area contributed by atoms with E-state index in [0.29, 0.717) is 18.7 Å². The van der Waals surface area contributed by atoms with Crippen molar-refractivity contribution in [2.45, 2.75) is 31.7 Å². The monoisotopic (exact) mass is 287 g/mol. The number of fused-ring (bicyclic) bond motifs is 1. The molecule has 1 fully saturated rings. The maximum atomic E-state index is 12.4. The number of hydrogen-bond donors (Lipinski definition) is 2. The summed E-state index contributed by atoms with van der Waals surface area (Å²) in [4.78, 5) is 26.1. The van der Waals surface area contributed by atoms with Gasteiger partial charge in [-0.3, -0.25) is 9.59 Å². The van der Waals surface area contributed by atoms with Crippen LogP contribution in [-0.4, -0.2) is 42.4 Å². The fourth-order valence-electron chi connectivity index (χ4n) is 3.02. The summed E-state index contributed by atoms with van der Waals surface area (Å²) in [6, 6.07) is 7.71. The van der Waals surface area contributed by atoms with Crippen LogP contribution in [0.15, 0.2) is 24.3 Å². The van der Waals surface area contributed by atoms with E-state index in [0.717, 1.165) is 18.7 Å². The maximum absolute atomic E-state index is 12.4. The first kappa shape index (κ1) is 14.1. The average Bonchev–Trinajstić information content (AvgIpc) is 2.51. The zero-order valence-electron chi connectivity index (χ0n) is 12.1. The highest BCUT2D eigenvalue weighted by molar-refractivity contribution is 6.02. The standard InChI is InChI=1S/C16H21N3O2/c20-13(9-12-5-3-4-8-17-12)10-19-11-18-15-7-2-1-6-14(15)16(19)21/h1-2,6-7,12,17-18H,3-5,8-11H2/t12-/m0/s1. The quantitative estimate of drug-likeness (QED) is 0.883. The van der Waals surface area contributed by atoms with Gasteiger partial charge in [0.25, 0.3) is 5.91 Å². The molecule has 5 nitrogen and oxygen atoms in total. The third-order valence-electron chi connectivity index (χ3n) is 4.16. The lowest BCUT2D eigenvalue weighted by Crippen LogP contribution is -2.44. The van der Waals surface area contributed by atoms with Crippen LogP contribution in [0.25, 0.3) is 0 Å². The highest BCUT2D eigenvalue weighted by Gasteiger charge is 2.26. The van der Waals surface area contributed by atoms with Crippen LogP contribution in [0.3, 0.4) is 0 Å². The van der Waals surface area contributed by atoms with E-state index in [1.807, 2.05) is 18.2 Å². The number of ketones is 1. The van der Waals surface area contributed by atoms with Crippen molar-refractivity contribution >= 4 is 17.4 Å². The number of Topliss-reactive ketones (excluding diaryl/α,β-unsaturated/α-hetero) is 1. The van der Waals surface area contributed by atoms with E-state index >= 15 is 0 Å². The van der Waals surface area contributed by atoms with E-state index in [1.165, 1.54) is 12.8 Å². The van der Waals surface area contributed by atoms with Gasteiger partial charge in [-0.05, 0) is 31.5 Å². The van der Waals surface area contributed by atoms with Crippen LogP contribution in [0, 0.1) is 0 Å². The number of carbonyl (C=O) groups is 2. The molecule has 0 unspecified atom stereocenters. The van der Waals surface area contributed by atoms with E-state index in [1.54, 1.807) is 11.0 Å². The lowest BCUT2D eigenvalue weighted by molar-refractivity contribution is -0.120. The Kier molecular flexibility index (Phi) is 4.20. The number of hydrogen-bond acceptors (Lipinski definition) is 4. The SMILES string of the molecule is O=C(C[C@@H]1CCCCN1)CN1CNc2ccccc2C1=O. The molecular formula is C16H21N3O2. The molecule has 3 rings (SSSR count). The van der Waals surface area contributed by atoms with Gasteiger partial charge in [-0.25, -0.2) is 0 Å². The summed E-state index contributed by atoms with van der Waals surface area (Å²) in [5.41, 5.74) is 1.49. The molecule has 5 heteroatoms. The average molecular weight is 287 g/mol. The molecule has 1 amide bonds. The Morgan fingerprint density at radius 1 is 1.29 bits per heavy atom.